The van der Waals surface area contributed by atoms with Crippen LogP contribution >= 0.6 is 0 Å². The van der Waals surface area contributed by atoms with E-state index in [0.29, 0.717) is 12.1 Å². The van der Waals surface area contributed by atoms with Crippen molar-refractivity contribution in [3.63, 3.8) is 0 Å². The lowest BCUT2D eigenvalue weighted by Gasteiger charge is -2.06. The van der Waals surface area contributed by atoms with E-state index in [1.165, 1.54) is 12.5 Å². The van der Waals surface area contributed by atoms with Crippen LogP contribution in [0.15, 0.2) is 24.3 Å². The summed E-state index contributed by atoms with van der Waals surface area (Å²) in [6.45, 7) is 5.10. The second kappa shape index (κ2) is 6.94. The molecule has 0 aromatic heterocycles. The van der Waals surface area contributed by atoms with Crippen LogP contribution in [0, 0.1) is 5.92 Å². The minimum Gasteiger partial charge on any atom is -0.508 e. The minimum absolute atomic E-state index is 0.120. The quantitative estimate of drug-likeness (QED) is 0.745. The van der Waals surface area contributed by atoms with Crippen molar-refractivity contribution in [2.75, 3.05) is 6.54 Å². The number of hydrogen-bond donors (Lipinski definition) is 2. The van der Waals surface area contributed by atoms with Crippen LogP contribution in [0.4, 0.5) is 0 Å². The van der Waals surface area contributed by atoms with Gasteiger partial charge in [-0.3, -0.25) is 4.79 Å². The molecule has 2 N–H and O–H groups in total. The van der Waals surface area contributed by atoms with Crippen molar-refractivity contribution in [1.82, 2.24) is 5.32 Å². The van der Waals surface area contributed by atoms with Crippen LogP contribution in [0.25, 0.3) is 0 Å². The Hall–Kier alpha value is -1.51. The number of nitrogens with one attached hydrogen (secondary N) is 1. The van der Waals surface area contributed by atoms with Gasteiger partial charge < -0.3 is 10.4 Å². The van der Waals surface area contributed by atoms with E-state index >= 15 is 0 Å². The molecule has 3 heteroatoms. The number of phenols is 1. The molecule has 0 aliphatic rings. The van der Waals surface area contributed by atoms with E-state index in [9.17, 15) is 9.90 Å². The summed E-state index contributed by atoms with van der Waals surface area (Å²) in [6.07, 6.45) is 3.34. The highest BCUT2D eigenvalue weighted by atomic mass is 16.3. The highest BCUT2D eigenvalue weighted by Gasteiger charge is 2.04. The second-order valence-corrected chi connectivity index (χ2v) is 4.70. The van der Waals surface area contributed by atoms with E-state index in [1.807, 2.05) is 0 Å². The van der Waals surface area contributed by atoms with Crippen LogP contribution in [0.3, 0.4) is 0 Å². The second-order valence-electron chi connectivity index (χ2n) is 4.70. The summed E-state index contributed by atoms with van der Waals surface area (Å²) in [6, 6.07) is 6.40. The molecule has 1 aromatic carbocycles. The first kappa shape index (κ1) is 13.6. The van der Waals surface area contributed by atoms with Crippen LogP contribution in [-0.4, -0.2) is 17.6 Å². The molecule has 3 nitrogen and oxygen atoms in total. The maximum atomic E-state index is 11.7. The molecule has 0 aliphatic carbocycles. The van der Waals surface area contributed by atoms with E-state index in [1.54, 1.807) is 18.2 Å². The van der Waals surface area contributed by atoms with Gasteiger partial charge in [-0.2, -0.15) is 0 Å². The molecule has 0 saturated heterocycles. The van der Waals surface area contributed by atoms with E-state index in [0.717, 1.165) is 18.8 Å². The minimum atomic E-state index is -0.120. The Labute approximate surface area is 103 Å². The Morgan fingerprint density at radius 3 is 2.76 bits per heavy atom. The predicted molar refractivity (Wildman–Crippen MR) is 69.1 cm³/mol. The zero-order valence-corrected chi connectivity index (χ0v) is 10.6. The largest absolute Gasteiger partial charge is 0.508 e. The Kier molecular flexibility index (Phi) is 5.53. The Morgan fingerprint density at radius 2 is 2.12 bits per heavy atom. The van der Waals surface area contributed by atoms with Gasteiger partial charge in [-0.15, -0.1) is 0 Å². The number of benzene rings is 1. The lowest BCUT2D eigenvalue weighted by Crippen LogP contribution is -2.24. The number of carbonyl (C=O) groups is 1. The molecule has 0 bridgehead atoms. The Bertz CT molecular complexity index is 361. The first-order valence-electron chi connectivity index (χ1n) is 6.17. The van der Waals surface area contributed by atoms with Gasteiger partial charge >= 0.3 is 0 Å². The third-order valence-corrected chi connectivity index (χ3v) is 2.60. The van der Waals surface area contributed by atoms with Crippen LogP contribution in [0.1, 0.15) is 43.5 Å². The van der Waals surface area contributed by atoms with Gasteiger partial charge in [0.15, 0.2) is 0 Å². The van der Waals surface area contributed by atoms with Crippen LogP contribution in [0.2, 0.25) is 0 Å². The van der Waals surface area contributed by atoms with Crippen LogP contribution < -0.4 is 5.32 Å². The fourth-order valence-electron chi connectivity index (χ4n) is 1.63. The highest BCUT2D eigenvalue weighted by Crippen LogP contribution is 2.10. The summed E-state index contributed by atoms with van der Waals surface area (Å²) in [5.74, 6) is 0.722. The first-order chi connectivity index (χ1) is 8.09. The standard InChI is InChI=1S/C14H21NO2/c1-11(2)6-3-4-9-15-14(17)12-7-5-8-13(16)10-12/h5,7-8,10-11,16H,3-4,6,9H2,1-2H3,(H,15,17). The average Bonchev–Trinajstić information content (AvgIpc) is 2.28. The Morgan fingerprint density at radius 1 is 1.35 bits per heavy atom. The molecule has 1 aromatic rings. The number of aromatic hydroxyl groups is 1. The van der Waals surface area contributed by atoms with Crippen molar-refractivity contribution in [2.24, 2.45) is 5.92 Å². The van der Waals surface area contributed by atoms with Crippen molar-refractivity contribution < 1.29 is 9.90 Å². The molecule has 0 heterocycles. The summed E-state index contributed by atoms with van der Waals surface area (Å²) in [5.41, 5.74) is 0.508. The maximum absolute atomic E-state index is 11.7. The van der Waals surface area contributed by atoms with Gasteiger partial charge in [0, 0.05) is 12.1 Å². The number of unbranched alkanes of at least 4 members (excludes halogenated alkanes) is 1. The van der Waals surface area contributed by atoms with Crippen LogP contribution in [-0.2, 0) is 0 Å². The van der Waals surface area contributed by atoms with E-state index in [2.05, 4.69) is 19.2 Å². The zero-order valence-electron chi connectivity index (χ0n) is 10.6. The van der Waals surface area contributed by atoms with Gasteiger partial charge in [-0.25, -0.2) is 0 Å². The van der Waals surface area contributed by atoms with Crippen LogP contribution in [0.5, 0.6) is 5.75 Å². The van der Waals surface area contributed by atoms with Gasteiger partial charge in [0.05, 0.1) is 0 Å². The molecule has 0 saturated carbocycles. The molecule has 17 heavy (non-hydrogen) atoms. The molecule has 1 rings (SSSR count). The number of phenolic OH excluding ortho intramolecular Hbond substituents is 1. The molecule has 0 fully saturated rings. The number of hydrogen-bond acceptors (Lipinski definition) is 2. The number of rotatable bonds is 6. The first-order valence-corrected chi connectivity index (χ1v) is 6.17. The van der Waals surface area contributed by atoms with Gasteiger partial charge in [0.1, 0.15) is 5.75 Å². The normalized spacial score (nSPS) is 10.5. The zero-order chi connectivity index (χ0) is 12.7. The Balaban J connectivity index is 2.26. The molecule has 1 amide bonds. The third-order valence-electron chi connectivity index (χ3n) is 2.60. The monoisotopic (exact) mass is 235 g/mol. The van der Waals surface area contributed by atoms with Gasteiger partial charge in [0.25, 0.3) is 5.91 Å². The summed E-state index contributed by atoms with van der Waals surface area (Å²) in [5, 5.41) is 12.1. The van der Waals surface area contributed by atoms with Crippen molar-refractivity contribution in [3.8, 4) is 5.75 Å². The number of amides is 1. The van der Waals surface area contributed by atoms with E-state index < -0.39 is 0 Å². The number of carbonyl (C=O) groups excluding carboxylic acids is 1. The van der Waals surface area contributed by atoms with Gasteiger partial charge in [-0.1, -0.05) is 32.8 Å². The van der Waals surface area contributed by atoms with Crippen molar-refractivity contribution in [1.29, 1.82) is 0 Å². The molecular formula is C14H21NO2. The summed E-state index contributed by atoms with van der Waals surface area (Å²) in [7, 11) is 0. The third kappa shape index (κ3) is 5.38. The van der Waals surface area contributed by atoms with Crippen molar-refractivity contribution in [2.45, 2.75) is 33.1 Å². The molecule has 0 unspecified atom stereocenters. The summed E-state index contributed by atoms with van der Waals surface area (Å²) < 4.78 is 0. The fraction of sp³-hybridized carbons (Fsp3) is 0.500. The topological polar surface area (TPSA) is 49.3 Å². The summed E-state index contributed by atoms with van der Waals surface area (Å²) >= 11 is 0. The lowest BCUT2D eigenvalue weighted by atomic mass is 10.1. The fourth-order valence-corrected chi connectivity index (χ4v) is 1.63. The van der Waals surface area contributed by atoms with Gasteiger partial charge in [0.2, 0.25) is 0 Å². The van der Waals surface area contributed by atoms with E-state index in [-0.39, 0.29) is 11.7 Å². The predicted octanol–water partition coefficient (Wildman–Crippen LogP) is 2.95. The molecule has 0 radical (unpaired) electrons. The van der Waals surface area contributed by atoms with Gasteiger partial charge in [-0.05, 0) is 30.5 Å². The lowest BCUT2D eigenvalue weighted by molar-refractivity contribution is 0.0952. The maximum Gasteiger partial charge on any atom is 0.251 e. The summed E-state index contributed by atoms with van der Waals surface area (Å²) in [4.78, 5) is 11.7. The highest BCUT2D eigenvalue weighted by molar-refractivity contribution is 5.94. The molecule has 0 aliphatic heterocycles. The van der Waals surface area contributed by atoms with Crippen molar-refractivity contribution >= 4 is 5.91 Å². The molecule has 94 valence electrons. The molecular weight excluding hydrogens is 214 g/mol. The average molecular weight is 235 g/mol. The SMILES string of the molecule is CC(C)CCCCNC(=O)c1cccc(O)c1. The smallest absolute Gasteiger partial charge is 0.251 e. The van der Waals surface area contributed by atoms with Crippen molar-refractivity contribution in [3.05, 3.63) is 29.8 Å². The molecule has 0 atom stereocenters. The molecule has 0 spiro atoms. The van der Waals surface area contributed by atoms with E-state index in [4.69, 9.17) is 0 Å².